The molecule has 1 aliphatic heterocycles. The lowest BCUT2D eigenvalue weighted by Crippen LogP contribution is -2.37. The summed E-state index contributed by atoms with van der Waals surface area (Å²) in [6.45, 7) is 0.403. The molecule has 23 heavy (non-hydrogen) atoms. The van der Waals surface area contributed by atoms with Gasteiger partial charge in [0, 0.05) is 30.1 Å². The molecule has 7 nitrogen and oxygen atoms in total. The summed E-state index contributed by atoms with van der Waals surface area (Å²) in [6.07, 6.45) is 0. The number of hydrogen-bond acceptors (Lipinski definition) is 5. The molecule has 3 amide bonds. The minimum Gasteiger partial charge on any atom is -0.497 e. The first-order valence-electron chi connectivity index (χ1n) is 7.00. The van der Waals surface area contributed by atoms with E-state index < -0.39 is 0 Å². The second kappa shape index (κ2) is 6.33. The van der Waals surface area contributed by atoms with Gasteiger partial charge in [-0.25, -0.2) is 0 Å². The molecule has 1 saturated heterocycles. The number of methoxy groups -OCH3 is 1. The Balaban J connectivity index is 1.62. The molecule has 0 unspecified atom stereocenters. The van der Waals surface area contributed by atoms with Gasteiger partial charge in [-0.3, -0.25) is 19.3 Å². The number of rotatable bonds is 5. The number of benzene rings is 1. The van der Waals surface area contributed by atoms with E-state index in [4.69, 9.17) is 4.74 Å². The van der Waals surface area contributed by atoms with Crippen LogP contribution in [0.2, 0.25) is 0 Å². The normalized spacial score (nSPS) is 14.6. The van der Waals surface area contributed by atoms with Gasteiger partial charge >= 0.3 is 0 Å². The number of hydrogen-bond donors (Lipinski definition) is 2. The predicted octanol–water partition coefficient (Wildman–Crippen LogP) is 1.60. The van der Waals surface area contributed by atoms with Crippen LogP contribution in [-0.2, 0) is 4.79 Å². The number of nitrogens with zero attached hydrogens (tertiary/aromatic N) is 1. The number of H-pyrrole nitrogens is 1. The van der Waals surface area contributed by atoms with E-state index in [0.717, 1.165) is 27.6 Å². The fourth-order valence-electron chi connectivity index (χ4n) is 2.33. The van der Waals surface area contributed by atoms with Crippen LogP contribution in [0.4, 0.5) is 4.79 Å². The monoisotopic (exact) mass is 333 g/mol. The zero-order valence-corrected chi connectivity index (χ0v) is 13.2. The highest BCUT2D eigenvalue weighted by Gasteiger charge is 2.29. The Bertz CT molecular complexity index is 770. The average Bonchev–Trinajstić information content (AvgIpc) is 3.11. The molecule has 120 valence electrons. The van der Waals surface area contributed by atoms with E-state index in [1.165, 1.54) is 0 Å². The summed E-state index contributed by atoms with van der Waals surface area (Å²) < 4.78 is 5.14. The standard InChI is InChI=1S/C15H15N3O4S/c1-22-10-3-2-9-6-12(17-11(9)7-10)14(20)16-4-5-18-13(19)8-23-15(18)21/h2-3,6-7,17H,4-5,8H2,1H3,(H,16,20). The van der Waals surface area contributed by atoms with Gasteiger partial charge < -0.3 is 15.0 Å². The second-order valence-corrected chi connectivity index (χ2v) is 5.92. The van der Waals surface area contributed by atoms with E-state index >= 15 is 0 Å². The summed E-state index contributed by atoms with van der Waals surface area (Å²) in [7, 11) is 1.58. The Labute approximate surface area is 136 Å². The molecule has 2 N–H and O–H groups in total. The summed E-state index contributed by atoms with van der Waals surface area (Å²) in [4.78, 5) is 39.2. The van der Waals surface area contributed by atoms with Gasteiger partial charge in [-0.1, -0.05) is 11.8 Å². The molecule has 2 heterocycles. The molecule has 1 aromatic heterocycles. The Morgan fingerprint density at radius 2 is 2.22 bits per heavy atom. The number of nitrogens with one attached hydrogen (secondary N) is 2. The van der Waals surface area contributed by atoms with Crippen molar-refractivity contribution >= 4 is 39.7 Å². The summed E-state index contributed by atoms with van der Waals surface area (Å²) in [5.74, 6) is 0.380. The predicted molar refractivity (Wildman–Crippen MR) is 86.8 cm³/mol. The van der Waals surface area contributed by atoms with Crippen molar-refractivity contribution in [2.24, 2.45) is 0 Å². The van der Waals surface area contributed by atoms with Crippen molar-refractivity contribution in [1.29, 1.82) is 0 Å². The summed E-state index contributed by atoms with van der Waals surface area (Å²) in [5, 5.41) is 3.34. The molecule has 0 atom stereocenters. The van der Waals surface area contributed by atoms with Crippen molar-refractivity contribution in [3.05, 3.63) is 30.0 Å². The SMILES string of the molecule is COc1ccc2cc(C(=O)NCCN3C(=O)CSC3=O)[nH]c2c1. The lowest BCUT2D eigenvalue weighted by atomic mass is 10.2. The van der Waals surface area contributed by atoms with Gasteiger partial charge in [-0.2, -0.15) is 0 Å². The smallest absolute Gasteiger partial charge is 0.288 e. The van der Waals surface area contributed by atoms with Crippen LogP contribution in [-0.4, -0.2) is 52.9 Å². The Kier molecular flexibility index (Phi) is 4.24. The van der Waals surface area contributed by atoms with Crippen molar-refractivity contribution < 1.29 is 19.1 Å². The van der Waals surface area contributed by atoms with Crippen LogP contribution in [0.1, 0.15) is 10.5 Å². The Morgan fingerprint density at radius 1 is 1.39 bits per heavy atom. The number of fused-ring (bicyclic) bond motifs is 1. The van der Waals surface area contributed by atoms with E-state index in [-0.39, 0.29) is 35.9 Å². The van der Waals surface area contributed by atoms with E-state index in [0.29, 0.717) is 11.4 Å². The topological polar surface area (TPSA) is 91.5 Å². The minimum absolute atomic E-state index is 0.177. The third-order valence-corrected chi connectivity index (χ3v) is 4.39. The molecular formula is C15H15N3O4S. The zero-order chi connectivity index (χ0) is 16.4. The average molecular weight is 333 g/mol. The van der Waals surface area contributed by atoms with Crippen LogP contribution in [0.25, 0.3) is 10.9 Å². The van der Waals surface area contributed by atoms with Crippen molar-refractivity contribution in [2.75, 3.05) is 26.0 Å². The van der Waals surface area contributed by atoms with Crippen molar-refractivity contribution in [3.8, 4) is 5.75 Å². The number of imide groups is 1. The van der Waals surface area contributed by atoms with Gasteiger partial charge in [0.2, 0.25) is 5.91 Å². The fraction of sp³-hybridized carbons (Fsp3) is 0.267. The molecule has 1 fully saturated rings. The van der Waals surface area contributed by atoms with E-state index in [1.807, 2.05) is 18.2 Å². The fourth-order valence-corrected chi connectivity index (χ4v) is 3.08. The number of aromatic nitrogens is 1. The third kappa shape index (κ3) is 3.16. The van der Waals surface area contributed by atoms with Crippen molar-refractivity contribution in [3.63, 3.8) is 0 Å². The molecule has 0 bridgehead atoms. The van der Waals surface area contributed by atoms with Crippen LogP contribution in [0.5, 0.6) is 5.75 Å². The molecule has 2 aromatic rings. The number of ether oxygens (including phenoxy) is 1. The number of thioether (sulfide) groups is 1. The maximum atomic E-state index is 12.1. The van der Waals surface area contributed by atoms with Gasteiger partial charge in [-0.05, 0) is 18.2 Å². The van der Waals surface area contributed by atoms with E-state index in [9.17, 15) is 14.4 Å². The summed E-state index contributed by atoms with van der Waals surface area (Å²) in [6, 6.07) is 7.23. The molecule has 1 aliphatic rings. The van der Waals surface area contributed by atoms with Gasteiger partial charge in [-0.15, -0.1) is 0 Å². The number of carbonyl (C=O) groups excluding carboxylic acids is 3. The highest BCUT2D eigenvalue weighted by molar-refractivity contribution is 8.14. The zero-order valence-electron chi connectivity index (χ0n) is 12.4. The summed E-state index contributed by atoms with van der Waals surface area (Å²) >= 11 is 0.982. The molecule has 8 heteroatoms. The Hall–Kier alpha value is -2.48. The molecule has 0 spiro atoms. The number of carbonyl (C=O) groups is 3. The van der Waals surface area contributed by atoms with Crippen LogP contribution >= 0.6 is 11.8 Å². The van der Waals surface area contributed by atoms with Gasteiger partial charge in [0.15, 0.2) is 0 Å². The number of amides is 3. The number of aromatic amines is 1. The van der Waals surface area contributed by atoms with Crippen LogP contribution in [0, 0.1) is 0 Å². The molecule has 1 aromatic carbocycles. The maximum absolute atomic E-state index is 12.1. The van der Waals surface area contributed by atoms with Gasteiger partial charge in [0.25, 0.3) is 11.1 Å². The largest absolute Gasteiger partial charge is 0.497 e. The minimum atomic E-state index is -0.285. The first-order valence-corrected chi connectivity index (χ1v) is 7.99. The van der Waals surface area contributed by atoms with Crippen molar-refractivity contribution in [2.45, 2.75) is 0 Å². The molecule has 3 rings (SSSR count). The molecule has 0 aliphatic carbocycles. The van der Waals surface area contributed by atoms with Gasteiger partial charge in [0.05, 0.1) is 12.9 Å². The first-order chi connectivity index (χ1) is 11.1. The first kappa shape index (κ1) is 15.4. The Morgan fingerprint density at radius 3 is 2.91 bits per heavy atom. The molecule has 0 saturated carbocycles. The van der Waals surface area contributed by atoms with Gasteiger partial charge in [0.1, 0.15) is 11.4 Å². The summed E-state index contributed by atoms with van der Waals surface area (Å²) in [5.41, 5.74) is 1.22. The van der Waals surface area contributed by atoms with E-state index in [2.05, 4.69) is 10.3 Å². The lowest BCUT2D eigenvalue weighted by Gasteiger charge is -2.12. The van der Waals surface area contributed by atoms with Crippen LogP contribution in [0.3, 0.4) is 0 Å². The maximum Gasteiger partial charge on any atom is 0.288 e. The second-order valence-electron chi connectivity index (χ2n) is 4.99. The van der Waals surface area contributed by atoms with Crippen LogP contribution < -0.4 is 10.1 Å². The molecule has 0 radical (unpaired) electrons. The van der Waals surface area contributed by atoms with E-state index in [1.54, 1.807) is 13.2 Å². The molecular weight excluding hydrogens is 318 g/mol. The lowest BCUT2D eigenvalue weighted by molar-refractivity contribution is -0.124. The highest BCUT2D eigenvalue weighted by Crippen LogP contribution is 2.21. The highest BCUT2D eigenvalue weighted by atomic mass is 32.2. The van der Waals surface area contributed by atoms with Crippen LogP contribution in [0.15, 0.2) is 24.3 Å². The quantitative estimate of drug-likeness (QED) is 0.867. The third-order valence-electron chi connectivity index (χ3n) is 3.54. The van der Waals surface area contributed by atoms with Crippen molar-refractivity contribution in [1.82, 2.24) is 15.2 Å².